The molecule has 0 bridgehead atoms. The first-order valence-corrected chi connectivity index (χ1v) is 4.90. The van der Waals surface area contributed by atoms with Gasteiger partial charge in [-0.1, -0.05) is 0 Å². The highest BCUT2D eigenvalue weighted by molar-refractivity contribution is 5.76. The maximum Gasteiger partial charge on any atom is 0.342 e. The third kappa shape index (κ3) is 1.99. The van der Waals surface area contributed by atoms with Crippen molar-refractivity contribution in [1.82, 2.24) is 20.2 Å². The van der Waals surface area contributed by atoms with Gasteiger partial charge in [0.1, 0.15) is 5.82 Å². The number of amides is 2. The Hall–Kier alpha value is -1.43. The van der Waals surface area contributed by atoms with Crippen LogP contribution in [0.3, 0.4) is 0 Å². The van der Waals surface area contributed by atoms with Crippen LogP contribution in [-0.2, 0) is 0 Å². The highest BCUT2D eigenvalue weighted by atomic mass is 16.2. The van der Waals surface area contributed by atoms with E-state index in [0.29, 0.717) is 13.1 Å². The van der Waals surface area contributed by atoms with Gasteiger partial charge < -0.3 is 11.1 Å². The molecule has 0 saturated carbocycles. The van der Waals surface area contributed by atoms with Gasteiger partial charge in [-0.2, -0.15) is 0 Å². The smallest absolute Gasteiger partial charge is 0.342 e. The molecule has 3 N–H and O–H groups in total. The maximum absolute atomic E-state index is 11.7. The maximum atomic E-state index is 11.7. The predicted octanol–water partition coefficient (Wildman–Crippen LogP) is -0.432. The monoisotopic (exact) mass is 213 g/mol. The summed E-state index contributed by atoms with van der Waals surface area (Å²) in [6.07, 6.45) is 0. The zero-order chi connectivity index (χ0) is 11.6. The number of hydrazine groups is 1. The first kappa shape index (κ1) is 11.6. The molecule has 1 aliphatic heterocycles. The molecule has 2 amide bonds. The minimum Gasteiger partial charge on any atom is -0.368 e. The summed E-state index contributed by atoms with van der Waals surface area (Å²) in [5.41, 5.74) is 6.33. The van der Waals surface area contributed by atoms with Crippen LogP contribution in [0.2, 0.25) is 0 Å². The van der Waals surface area contributed by atoms with Crippen molar-refractivity contribution in [2.24, 2.45) is 5.73 Å². The van der Waals surface area contributed by atoms with Gasteiger partial charge in [0, 0.05) is 34.2 Å². The molecule has 6 heteroatoms. The minimum absolute atomic E-state index is 0.0479. The van der Waals surface area contributed by atoms with Crippen molar-refractivity contribution in [1.29, 1.82) is 0 Å². The second-order valence-corrected chi connectivity index (χ2v) is 3.54. The van der Waals surface area contributed by atoms with Gasteiger partial charge in [-0.3, -0.25) is 9.91 Å². The SMILES string of the molecule is CC1=C(NCCN)N(C)N(C)C(=O)N1C. The van der Waals surface area contributed by atoms with Crippen molar-refractivity contribution >= 4 is 6.03 Å². The van der Waals surface area contributed by atoms with Gasteiger partial charge in [-0.05, 0) is 6.92 Å². The van der Waals surface area contributed by atoms with Crippen LogP contribution in [0.1, 0.15) is 6.92 Å². The zero-order valence-electron chi connectivity index (χ0n) is 9.74. The topological polar surface area (TPSA) is 64.8 Å². The molecule has 0 atom stereocenters. The number of carbonyl (C=O) groups excluding carboxylic acids is 1. The van der Waals surface area contributed by atoms with Gasteiger partial charge in [0.2, 0.25) is 0 Å². The van der Waals surface area contributed by atoms with E-state index in [2.05, 4.69) is 5.32 Å². The molecular formula is C9H19N5O. The zero-order valence-corrected chi connectivity index (χ0v) is 9.74. The lowest BCUT2D eigenvalue weighted by Crippen LogP contribution is -2.54. The second-order valence-electron chi connectivity index (χ2n) is 3.54. The summed E-state index contributed by atoms with van der Waals surface area (Å²) >= 11 is 0. The Kier molecular flexibility index (Phi) is 3.41. The molecule has 0 aromatic heterocycles. The molecule has 0 saturated heterocycles. The number of nitrogens with zero attached hydrogens (tertiary/aromatic N) is 3. The summed E-state index contributed by atoms with van der Waals surface area (Å²) in [7, 11) is 5.33. The number of urea groups is 1. The summed E-state index contributed by atoms with van der Waals surface area (Å²) in [5, 5.41) is 6.53. The largest absolute Gasteiger partial charge is 0.368 e. The van der Waals surface area contributed by atoms with Crippen LogP contribution in [0.25, 0.3) is 0 Å². The fourth-order valence-electron chi connectivity index (χ4n) is 1.46. The number of nitrogens with two attached hydrogens (primary N) is 1. The van der Waals surface area contributed by atoms with E-state index in [1.165, 1.54) is 0 Å². The Labute approximate surface area is 90.3 Å². The van der Waals surface area contributed by atoms with Gasteiger partial charge in [0.25, 0.3) is 0 Å². The van der Waals surface area contributed by atoms with Crippen molar-refractivity contribution in [2.45, 2.75) is 6.92 Å². The van der Waals surface area contributed by atoms with Crippen LogP contribution in [0.15, 0.2) is 11.5 Å². The summed E-state index contributed by atoms with van der Waals surface area (Å²) in [5.74, 6) is 0.907. The van der Waals surface area contributed by atoms with E-state index in [4.69, 9.17) is 5.73 Å². The lowest BCUT2D eigenvalue weighted by Gasteiger charge is -2.41. The van der Waals surface area contributed by atoms with Crippen LogP contribution in [0, 0.1) is 0 Å². The van der Waals surface area contributed by atoms with E-state index in [9.17, 15) is 4.79 Å². The van der Waals surface area contributed by atoms with Crippen LogP contribution in [-0.4, -0.2) is 55.2 Å². The van der Waals surface area contributed by atoms with Crippen molar-refractivity contribution in [3.63, 3.8) is 0 Å². The number of carbonyl (C=O) groups is 1. The first-order valence-electron chi connectivity index (χ1n) is 4.90. The Bertz CT molecular complexity index is 288. The average Bonchev–Trinajstić information content (AvgIpc) is 2.24. The van der Waals surface area contributed by atoms with E-state index in [0.717, 1.165) is 11.5 Å². The number of hydrogen-bond donors (Lipinski definition) is 2. The quantitative estimate of drug-likeness (QED) is 0.667. The molecule has 0 spiro atoms. The first-order chi connectivity index (χ1) is 7.00. The van der Waals surface area contributed by atoms with Crippen LogP contribution >= 0.6 is 0 Å². The molecule has 0 unspecified atom stereocenters. The summed E-state index contributed by atoms with van der Waals surface area (Å²) < 4.78 is 0. The third-order valence-corrected chi connectivity index (χ3v) is 2.62. The Morgan fingerprint density at radius 2 is 1.87 bits per heavy atom. The summed E-state index contributed by atoms with van der Waals surface area (Å²) in [6.45, 7) is 3.15. The number of hydrogen-bond acceptors (Lipinski definition) is 4. The highest BCUT2D eigenvalue weighted by Crippen LogP contribution is 2.18. The number of allylic oxidation sites excluding steroid dienone is 1. The number of nitrogens with one attached hydrogen (secondary N) is 1. The lowest BCUT2D eigenvalue weighted by atomic mass is 10.3. The molecule has 0 aliphatic carbocycles. The molecule has 0 aromatic carbocycles. The molecule has 0 aromatic rings. The van der Waals surface area contributed by atoms with Gasteiger partial charge in [0.15, 0.2) is 0 Å². The van der Waals surface area contributed by atoms with Gasteiger partial charge in [-0.25, -0.2) is 9.80 Å². The van der Waals surface area contributed by atoms with E-state index < -0.39 is 0 Å². The highest BCUT2D eigenvalue weighted by Gasteiger charge is 2.28. The fraction of sp³-hybridized carbons (Fsp3) is 0.667. The number of rotatable bonds is 3. The van der Waals surface area contributed by atoms with Gasteiger partial charge >= 0.3 is 6.03 Å². The fourth-order valence-corrected chi connectivity index (χ4v) is 1.46. The Balaban J connectivity index is 2.93. The second kappa shape index (κ2) is 4.39. The van der Waals surface area contributed by atoms with E-state index in [1.54, 1.807) is 29.0 Å². The molecule has 1 aliphatic rings. The predicted molar refractivity (Wildman–Crippen MR) is 58.4 cm³/mol. The van der Waals surface area contributed by atoms with E-state index in [-0.39, 0.29) is 6.03 Å². The Morgan fingerprint density at radius 3 is 2.40 bits per heavy atom. The van der Waals surface area contributed by atoms with E-state index in [1.807, 2.05) is 14.0 Å². The van der Waals surface area contributed by atoms with Crippen molar-refractivity contribution in [2.75, 3.05) is 34.2 Å². The van der Waals surface area contributed by atoms with Crippen LogP contribution in [0.4, 0.5) is 4.79 Å². The van der Waals surface area contributed by atoms with Crippen LogP contribution in [0.5, 0.6) is 0 Å². The van der Waals surface area contributed by atoms with Crippen molar-refractivity contribution in [3.8, 4) is 0 Å². The average molecular weight is 213 g/mol. The standard InChI is InChI=1S/C9H19N5O/c1-7-8(11-6-5-10)13(3)14(4)9(15)12(7)2/h11H,5-6,10H2,1-4H3. The summed E-state index contributed by atoms with van der Waals surface area (Å²) in [4.78, 5) is 13.3. The van der Waals surface area contributed by atoms with Crippen molar-refractivity contribution in [3.05, 3.63) is 11.5 Å². The molecular weight excluding hydrogens is 194 g/mol. The summed E-state index contributed by atoms with van der Waals surface area (Å²) in [6, 6.07) is -0.0479. The molecule has 6 nitrogen and oxygen atoms in total. The van der Waals surface area contributed by atoms with Crippen molar-refractivity contribution < 1.29 is 4.79 Å². The van der Waals surface area contributed by atoms with E-state index >= 15 is 0 Å². The third-order valence-electron chi connectivity index (χ3n) is 2.62. The van der Waals surface area contributed by atoms with Crippen LogP contribution < -0.4 is 11.1 Å². The van der Waals surface area contributed by atoms with Gasteiger partial charge in [0.05, 0.1) is 5.70 Å². The normalized spacial score (nSPS) is 17.7. The molecule has 0 radical (unpaired) electrons. The molecule has 86 valence electrons. The lowest BCUT2D eigenvalue weighted by molar-refractivity contribution is 0.0521. The van der Waals surface area contributed by atoms with Gasteiger partial charge in [-0.15, -0.1) is 0 Å². The minimum atomic E-state index is -0.0479. The Morgan fingerprint density at radius 1 is 1.27 bits per heavy atom. The molecule has 1 rings (SSSR count). The molecule has 0 fully saturated rings. The molecule has 15 heavy (non-hydrogen) atoms. The molecule has 1 heterocycles.